The van der Waals surface area contributed by atoms with Gasteiger partial charge in [-0.1, -0.05) is 0 Å². The summed E-state index contributed by atoms with van der Waals surface area (Å²) in [7, 11) is 0. The number of aryl methyl sites for hydroxylation is 1. The molecule has 2 aromatic heterocycles. The number of carbonyl (C=O) groups excluding carboxylic acids is 1. The predicted molar refractivity (Wildman–Crippen MR) is 74.2 cm³/mol. The molecule has 19 heavy (non-hydrogen) atoms. The number of nitrogens with one attached hydrogen (secondary N) is 1. The molecule has 0 aliphatic rings. The van der Waals surface area contributed by atoms with E-state index in [9.17, 15) is 9.59 Å². The number of thiophene rings is 1. The second-order valence-electron chi connectivity index (χ2n) is 3.91. The Kier molecular flexibility index (Phi) is 4.28. The third kappa shape index (κ3) is 3.39. The number of hydrogen-bond donors (Lipinski definition) is 2. The molecule has 2 rings (SSSR count). The fourth-order valence-electron chi connectivity index (χ4n) is 1.50. The Morgan fingerprint density at radius 1 is 1.37 bits per heavy atom. The molecule has 7 heteroatoms. The van der Waals surface area contributed by atoms with Crippen molar-refractivity contribution in [2.45, 2.75) is 13.3 Å². The lowest BCUT2D eigenvalue weighted by molar-refractivity contribution is 0.0690. The quantitative estimate of drug-likeness (QED) is 0.886. The molecule has 0 unspecified atom stereocenters. The van der Waals surface area contributed by atoms with Gasteiger partial charge in [0.05, 0.1) is 10.6 Å². The van der Waals surface area contributed by atoms with Crippen molar-refractivity contribution in [1.82, 2.24) is 10.3 Å². The Hall–Kier alpha value is -1.73. The molecule has 0 bridgehead atoms. The van der Waals surface area contributed by atoms with Gasteiger partial charge in [0.2, 0.25) is 0 Å². The number of hydrogen-bond acceptors (Lipinski definition) is 5. The Morgan fingerprint density at radius 3 is 2.74 bits per heavy atom. The van der Waals surface area contributed by atoms with Crippen LogP contribution in [0, 0.1) is 6.92 Å². The van der Waals surface area contributed by atoms with Gasteiger partial charge in [-0.2, -0.15) is 11.3 Å². The van der Waals surface area contributed by atoms with Gasteiger partial charge in [0.25, 0.3) is 5.91 Å². The Labute approximate surface area is 117 Å². The molecule has 2 N–H and O–H groups in total. The smallest absolute Gasteiger partial charge is 0.355 e. The summed E-state index contributed by atoms with van der Waals surface area (Å²) in [6, 6.07) is 0. The number of aromatic carboxylic acids is 1. The van der Waals surface area contributed by atoms with Crippen LogP contribution in [0.2, 0.25) is 0 Å². The van der Waals surface area contributed by atoms with Gasteiger partial charge in [-0.25, -0.2) is 9.78 Å². The van der Waals surface area contributed by atoms with E-state index in [2.05, 4.69) is 10.3 Å². The van der Waals surface area contributed by atoms with Gasteiger partial charge in [0.15, 0.2) is 5.69 Å². The van der Waals surface area contributed by atoms with Crippen molar-refractivity contribution >= 4 is 34.6 Å². The van der Waals surface area contributed by atoms with Crippen LogP contribution in [0.25, 0.3) is 0 Å². The first kappa shape index (κ1) is 13.7. The highest BCUT2D eigenvalue weighted by Crippen LogP contribution is 2.13. The molecular formula is C12H12N2O3S2. The van der Waals surface area contributed by atoms with Crippen LogP contribution in [0.3, 0.4) is 0 Å². The van der Waals surface area contributed by atoms with E-state index in [-0.39, 0.29) is 11.6 Å². The Balaban J connectivity index is 1.85. The molecule has 2 heterocycles. The average Bonchev–Trinajstić information content (AvgIpc) is 2.97. The fraction of sp³-hybridized carbons (Fsp3) is 0.250. The fourth-order valence-corrected chi connectivity index (χ4v) is 3.10. The number of carboxylic acids is 1. The minimum Gasteiger partial charge on any atom is -0.476 e. The molecule has 0 atom stereocenters. The number of amides is 1. The molecule has 0 saturated heterocycles. The van der Waals surface area contributed by atoms with Crippen LogP contribution in [0.1, 0.15) is 31.4 Å². The molecule has 1 amide bonds. The standard InChI is InChI=1S/C12H12N2O3S2/c1-7-4-18-5-8(7)11(15)13-3-2-10-14-9(6-19-10)12(16)17/h4-6H,2-3H2,1H3,(H,13,15)(H,16,17). The van der Waals surface area contributed by atoms with Gasteiger partial charge in [0.1, 0.15) is 0 Å². The maximum atomic E-state index is 11.8. The first-order valence-corrected chi connectivity index (χ1v) is 7.39. The van der Waals surface area contributed by atoms with Crippen LogP contribution >= 0.6 is 22.7 Å². The van der Waals surface area contributed by atoms with Crippen LogP contribution in [0.5, 0.6) is 0 Å². The molecule has 0 spiro atoms. The summed E-state index contributed by atoms with van der Waals surface area (Å²) >= 11 is 2.78. The molecular weight excluding hydrogens is 284 g/mol. The summed E-state index contributed by atoms with van der Waals surface area (Å²) in [6.07, 6.45) is 0.535. The first-order valence-electron chi connectivity index (χ1n) is 5.56. The van der Waals surface area contributed by atoms with Gasteiger partial charge in [-0.05, 0) is 17.9 Å². The highest BCUT2D eigenvalue weighted by atomic mass is 32.1. The number of carboxylic acid groups (broad SMARTS) is 1. The lowest BCUT2D eigenvalue weighted by Gasteiger charge is -2.03. The van der Waals surface area contributed by atoms with Gasteiger partial charge < -0.3 is 10.4 Å². The zero-order valence-electron chi connectivity index (χ0n) is 10.2. The topological polar surface area (TPSA) is 79.3 Å². The van der Waals surface area contributed by atoms with Gasteiger partial charge in [0, 0.05) is 23.7 Å². The SMILES string of the molecule is Cc1cscc1C(=O)NCCc1nc(C(=O)O)cs1. The number of aromatic nitrogens is 1. The highest BCUT2D eigenvalue weighted by Gasteiger charge is 2.11. The summed E-state index contributed by atoms with van der Waals surface area (Å²) in [5, 5.41) is 17.5. The molecule has 0 aliphatic heterocycles. The summed E-state index contributed by atoms with van der Waals surface area (Å²) in [5.41, 5.74) is 1.71. The average molecular weight is 296 g/mol. The number of nitrogens with zero attached hydrogens (tertiary/aromatic N) is 1. The molecule has 0 aliphatic carbocycles. The number of thiazole rings is 1. The third-order valence-corrected chi connectivity index (χ3v) is 4.27. The van der Waals surface area contributed by atoms with Crippen LogP contribution in [0.15, 0.2) is 16.1 Å². The van der Waals surface area contributed by atoms with Gasteiger partial charge in [-0.3, -0.25) is 4.79 Å². The maximum absolute atomic E-state index is 11.8. The summed E-state index contributed by atoms with van der Waals surface area (Å²) in [6.45, 7) is 2.34. The van der Waals surface area contributed by atoms with E-state index in [4.69, 9.17) is 5.11 Å². The maximum Gasteiger partial charge on any atom is 0.355 e. The normalized spacial score (nSPS) is 10.4. The monoisotopic (exact) mass is 296 g/mol. The summed E-state index contributed by atoms with van der Waals surface area (Å²) in [4.78, 5) is 26.4. The third-order valence-electron chi connectivity index (χ3n) is 2.50. The van der Waals surface area contributed by atoms with Crippen molar-refractivity contribution in [3.05, 3.63) is 38.0 Å². The minimum atomic E-state index is -1.03. The van der Waals surface area contributed by atoms with Crippen molar-refractivity contribution in [2.24, 2.45) is 0 Å². The minimum absolute atomic E-state index is 0.0556. The van der Waals surface area contributed by atoms with Crippen molar-refractivity contribution in [2.75, 3.05) is 6.54 Å². The van der Waals surface area contributed by atoms with E-state index in [1.807, 2.05) is 17.7 Å². The highest BCUT2D eigenvalue weighted by molar-refractivity contribution is 7.09. The summed E-state index contributed by atoms with van der Waals surface area (Å²) in [5.74, 6) is -1.13. The van der Waals surface area contributed by atoms with Gasteiger partial charge in [-0.15, -0.1) is 11.3 Å². The predicted octanol–water partition coefficient (Wildman–Crippen LogP) is 2.18. The van der Waals surface area contributed by atoms with E-state index in [0.717, 1.165) is 5.56 Å². The first-order chi connectivity index (χ1) is 9.08. The Morgan fingerprint density at radius 2 is 2.16 bits per heavy atom. The molecule has 0 saturated carbocycles. The van der Waals surface area contributed by atoms with Crippen molar-refractivity contribution in [3.63, 3.8) is 0 Å². The van der Waals surface area contributed by atoms with E-state index in [1.165, 1.54) is 28.1 Å². The molecule has 5 nitrogen and oxygen atoms in total. The van der Waals surface area contributed by atoms with Crippen LogP contribution in [-0.4, -0.2) is 28.5 Å². The number of carbonyl (C=O) groups is 2. The van der Waals surface area contributed by atoms with Gasteiger partial charge >= 0.3 is 5.97 Å². The van der Waals surface area contributed by atoms with Crippen LogP contribution < -0.4 is 5.32 Å². The molecule has 0 aromatic carbocycles. The summed E-state index contributed by atoms with van der Waals surface area (Å²) < 4.78 is 0. The molecule has 0 radical (unpaired) electrons. The zero-order chi connectivity index (χ0) is 13.8. The molecule has 2 aromatic rings. The second kappa shape index (κ2) is 5.94. The molecule has 100 valence electrons. The lowest BCUT2D eigenvalue weighted by Crippen LogP contribution is -2.25. The largest absolute Gasteiger partial charge is 0.476 e. The second-order valence-corrected chi connectivity index (χ2v) is 5.59. The van der Waals surface area contributed by atoms with Crippen LogP contribution in [0.4, 0.5) is 0 Å². The van der Waals surface area contributed by atoms with Crippen LogP contribution in [-0.2, 0) is 6.42 Å². The van der Waals surface area contributed by atoms with E-state index >= 15 is 0 Å². The van der Waals surface area contributed by atoms with E-state index in [0.29, 0.717) is 23.5 Å². The number of rotatable bonds is 5. The Bertz CT molecular complexity index is 604. The van der Waals surface area contributed by atoms with E-state index in [1.54, 1.807) is 0 Å². The van der Waals surface area contributed by atoms with Crippen molar-refractivity contribution in [1.29, 1.82) is 0 Å². The zero-order valence-corrected chi connectivity index (χ0v) is 11.8. The van der Waals surface area contributed by atoms with E-state index < -0.39 is 5.97 Å². The lowest BCUT2D eigenvalue weighted by atomic mass is 10.2. The molecule has 0 fully saturated rings. The van der Waals surface area contributed by atoms with Crippen molar-refractivity contribution < 1.29 is 14.7 Å². The van der Waals surface area contributed by atoms with Crippen molar-refractivity contribution in [3.8, 4) is 0 Å².